The molecular formula is C23H32N2O5. The summed E-state index contributed by atoms with van der Waals surface area (Å²) in [4.78, 5) is 29.7. The number of imide groups is 1. The molecule has 2 amide bonds. The van der Waals surface area contributed by atoms with Gasteiger partial charge in [0.25, 0.3) is 0 Å². The highest BCUT2D eigenvalue weighted by Crippen LogP contribution is 2.45. The van der Waals surface area contributed by atoms with E-state index in [1.165, 1.54) is 4.90 Å². The third-order valence-electron chi connectivity index (χ3n) is 6.77. The zero-order valence-corrected chi connectivity index (χ0v) is 17.9. The fourth-order valence-electron chi connectivity index (χ4n) is 5.36. The van der Waals surface area contributed by atoms with Crippen molar-refractivity contribution in [1.82, 2.24) is 9.80 Å². The van der Waals surface area contributed by atoms with Crippen LogP contribution in [-0.4, -0.2) is 66.5 Å². The summed E-state index contributed by atoms with van der Waals surface area (Å²) in [7, 11) is 0. The minimum Gasteiger partial charge on any atom is -0.410 e. The Morgan fingerprint density at radius 3 is 2.60 bits per heavy atom. The number of para-hydroxylation sites is 1. The van der Waals surface area contributed by atoms with Crippen LogP contribution in [0.5, 0.6) is 5.75 Å². The summed E-state index contributed by atoms with van der Waals surface area (Å²) < 4.78 is 17.3. The van der Waals surface area contributed by atoms with Gasteiger partial charge in [-0.25, -0.2) is 9.69 Å². The Balaban J connectivity index is 1.46. The van der Waals surface area contributed by atoms with Crippen LogP contribution in [0.15, 0.2) is 30.3 Å². The van der Waals surface area contributed by atoms with Crippen molar-refractivity contribution in [2.75, 3.05) is 32.8 Å². The average molecular weight is 417 g/mol. The third-order valence-corrected chi connectivity index (χ3v) is 6.77. The number of fused-ring (bicyclic) bond motifs is 1. The molecule has 2 aliphatic heterocycles. The molecule has 7 heteroatoms. The number of nitrogens with zero attached hydrogens (tertiary/aromatic N) is 2. The van der Waals surface area contributed by atoms with Gasteiger partial charge < -0.3 is 14.2 Å². The van der Waals surface area contributed by atoms with Gasteiger partial charge in [-0.2, -0.15) is 0 Å². The first-order valence-electron chi connectivity index (χ1n) is 11.2. The normalized spacial score (nSPS) is 28.1. The molecule has 1 aliphatic carbocycles. The maximum Gasteiger partial charge on any atom is 0.421 e. The Bertz CT molecular complexity index is 749. The van der Waals surface area contributed by atoms with E-state index in [4.69, 9.17) is 14.2 Å². The molecule has 1 spiro atoms. The Hall–Kier alpha value is -1.96. The van der Waals surface area contributed by atoms with Crippen molar-refractivity contribution >= 4 is 12.0 Å². The number of likely N-dealkylation sites (tertiary alicyclic amines) is 1. The standard InChI is InChI=1S/C23H32N2O5/c1-3-24-16-18(14-17-15-23(11-10-20(17)24)28-12-13-29-23)21(26)25(4-2)22(27)30-19-8-6-5-7-9-19/h5-9,17-18,20H,3-4,10-16H2,1-2H3/t17-,18?,20-/m1/s1. The summed E-state index contributed by atoms with van der Waals surface area (Å²) in [5, 5.41) is 0. The van der Waals surface area contributed by atoms with Crippen LogP contribution in [0.1, 0.15) is 39.5 Å². The molecule has 1 unspecified atom stereocenters. The van der Waals surface area contributed by atoms with Crippen molar-refractivity contribution in [3.8, 4) is 5.75 Å². The highest BCUT2D eigenvalue weighted by molar-refractivity contribution is 5.94. The van der Waals surface area contributed by atoms with Crippen LogP contribution in [0.4, 0.5) is 4.79 Å². The molecule has 164 valence electrons. The number of carbonyl (C=O) groups is 2. The largest absolute Gasteiger partial charge is 0.421 e. The zero-order valence-electron chi connectivity index (χ0n) is 17.9. The number of hydrogen-bond acceptors (Lipinski definition) is 6. The number of amides is 2. The lowest BCUT2D eigenvalue weighted by molar-refractivity contribution is -0.203. The number of benzene rings is 1. The molecule has 2 saturated heterocycles. The van der Waals surface area contributed by atoms with Crippen LogP contribution in [0.2, 0.25) is 0 Å². The summed E-state index contributed by atoms with van der Waals surface area (Å²) >= 11 is 0. The van der Waals surface area contributed by atoms with E-state index in [0.717, 1.165) is 32.2 Å². The Labute approximate surface area is 178 Å². The quantitative estimate of drug-likeness (QED) is 0.750. The van der Waals surface area contributed by atoms with E-state index in [1.54, 1.807) is 24.3 Å². The van der Waals surface area contributed by atoms with E-state index in [1.807, 2.05) is 13.0 Å². The van der Waals surface area contributed by atoms with Gasteiger partial charge in [0, 0.05) is 32.0 Å². The van der Waals surface area contributed by atoms with Gasteiger partial charge in [0.05, 0.1) is 19.1 Å². The summed E-state index contributed by atoms with van der Waals surface area (Å²) in [5.74, 6) is -0.0858. The van der Waals surface area contributed by atoms with E-state index in [0.29, 0.717) is 37.5 Å². The monoisotopic (exact) mass is 416 g/mol. The van der Waals surface area contributed by atoms with Crippen LogP contribution in [0, 0.1) is 11.8 Å². The van der Waals surface area contributed by atoms with Crippen molar-refractivity contribution in [2.45, 2.75) is 51.4 Å². The molecule has 0 radical (unpaired) electrons. The minimum absolute atomic E-state index is 0.150. The van der Waals surface area contributed by atoms with Gasteiger partial charge in [0.15, 0.2) is 5.79 Å². The van der Waals surface area contributed by atoms with Crippen LogP contribution < -0.4 is 4.74 Å². The number of hydrogen-bond donors (Lipinski definition) is 0. The smallest absolute Gasteiger partial charge is 0.410 e. The van der Waals surface area contributed by atoms with Crippen LogP contribution >= 0.6 is 0 Å². The van der Waals surface area contributed by atoms with Gasteiger partial charge in [-0.1, -0.05) is 25.1 Å². The lowest BCUT2D eigenvalue weighted by Crippen LogP contribution is -2.57. The first kappa shape index (κ1) is 21.3. The van der Waals surface area contributed by atoms with Crippen molar-refractivity contribution in [1.29, 1.82) is 0 Å². The Morgan fingerprint density at radius 2 is 1.93 bits per heavy atom. The van der Waals surface area contributed by atoms with Crippen molar-refractivity contribution in [3.63, 3.8) is 0 Å². The molecular weight excluding hydrogens is 384 g/mol. The number of ether oxygens (including phenoxy) is 3. The lowest BCUT2D eigenvalue weighted by Gasteiger charge is -2.50. The highest BCUT2D eigenvalue weighted by Gasteiger charge is 2.50. The first-order chi connectivity index (χ1) is 14.5. The average Bonchev–Trinajstić information content (AvgIpc) is 3.21. The molecule has 7 nitrogen and oxygen atoms in total. The van der Waals surface area contributed by atoms with Gasteiger partial charge in [0.1, 0.15) is 5.75 Å². The first-order valence-corrected chi connectivity index (χ1v) is 11.2. The molecule has 3 aliphatic rings. The minimum atomic E-state index is -0.610. The van der Waals surface area contributed by atoms with E-state index in [2.05, 4.69) is 11.8 Å². The molecule has 3 atom stereocenters. The Morgan fingerprint density at radius 1 is 1.20 bits per heavy atom. The van der Waals surface area contributed by atoms with Gasteiger partial charge in [-0.05, 0) is 44.4 Å². The summed E-state index contributed by atoms with van der Waals surface area (Å²) in [6.45, 7) is 7.09. The molecule has 1 saturated carbocycles. The van der Waals surface area contributed by atoms with Crippen LogP contribution in [-0.2, 0) is 14.3 Å². The maximum atomic E-state index is 13.3. The molecule has 1 aromatic rings. The van der Waals surface area contributed by atoms with E-state index >= 15 is 0 Å². The summed E-state index contributed by atoms with van der Waals surface area (Å²) in [5.41, 5.74) is 0. The van der Waals surface area contributed by atoms with Crippen molar-refractivity contribution in [2.24, 2.45) is 11.8 Å². The number of rotatable bonds is 4. The van der Waals surface area contributed by atoms with Crippen molar-refractivity contribution < 1.29 is 23.8 Å². The topological polar surface area (TPSA) is 68.3 Å². The molecule has 30 heavy (non-hydrogen) atoms. The van der Waals surface area contributed by atoms with E-state index < -0.39 is 11.9 Å². The Kier molecular flexibility index (Phi) is 6.41. The summed E-state index contributed by atoms with van der Waals surface area (Å²) in [6.07, 6.45) is 2.89. The zero-order chi connectivity index (χ0) is 21.1. The molecule has 2 heterocycles. The van der Waals surface area contributed by atoms with Gasteiger partial charge in [-0.3, -0.25) is 9.69 Å². The highest BCUT2D eigenvalue weighted by atomic mass is 16.7. The number of carbonyl (C=O) groups excluding carboxylic acids is 2. The molecule has 0 aromatic heterocycles. The van der Waals surface area contributed by atoms with Gasteiger partial charge >= 0.3 is 6.09 Å². The van der Waals surface area contributed by atoms with Crippen LogP contribution in [0.25, 0.3) is 0 Å². The van der Waals surface area contributed by atoms with Gasteiger partial charge in [0.2, 0.25) is 5.91 Å². The predicted octanol–water partition coefficient (Wildman–Crippen LogP) is 3.29. The predicted molar refractivity (Wildman–Crippen MR) is 111 cm³/mol. The maximum absolute atomic E-state index is 13.3. The number of piperidine rings is 1. The molecule has 1 aromatic carbocycles. The fraction of sp³-hybridized carbons (Fsp3) is 0.652. The molecule has 3 fully saturated rings. The second kappa shape index (κ2) is 9.04. The second-order valence-corrected chi connectivity index (χ2v) is 8.46. The molecule has 0 bridgehead atoms. The van der Waals surface area contributed by atoms with E-state index in [-0.39, 0.29) is 18.4 Å². The molecule has 4 rings (SSSR count). The SMILES string of the molecule is CCN(C(=O)Oc1ccccc1)C(=O)C1C[C@@H]2CC3(CC[C@H]2N(CC)C1)OCCO3. The van der Waals surface area contributed by atoms with Gasteiger partial charge in [-0.15, -0.1) is 0 Å². The fourth-order valence-corrected chi connectivity index (χ4v) is 5.36. The lowest BCUT2D eigenvalue weighted by atomic mass is 9.72. The summed E-state index contributed by atoms with van der Waals surface area (Å²) in [6, 6.07) is 9.32. The third kappa shape index (κ3) is 4.24. The molecule has 0 N–H and O–H groups in total. The van der Waals surface area contributed by atoms with Crippen LogP contribution in [0.3, 0.4) is 0 Å². The van der Waals surface area contributed by atoms with E-state index in [9.17, 15) is 9.59 Å². The second-order valence-electron chi connectivity index (χ2n) is 8.46. The van der Waals surface area contributed by atoms with Crippen molar-refractivity contribution in [3.05, 3.63) is 30.3 Å².